The van der Waals surface area contributed by atoms with Gasteiger partial charge in [0, 0.05) is 49.3 Å². The van der Waals surface area contributed by atoms with E-state index in [4.69, 9.17) is 0 Å². The Kier molecular flexibility index (Phi) is 4.37. The second-order valence-electron chi connectivity index (χ2n) is 8.82. The van der Waals surface area contributed by atoms with Gasteiger partial charge >= 0.3 is 0 Å². The van der Waals surface area contributed by atoms with Crippen LogP contribution >= 0.6 is 0 Å². The van der Waals surface area contributed by atoms with Crippen molar-refractivity contribution in [3.05, 3.63) is 36.4 Å². The fourth-order valence-corrected chi connectivity index (χ4v) is 5.38. The van der Waals surface area contributed by atoms with Crippen molar-refractivity contribution < 1.29 is 9.18 Å². The van der Waals surface area contributed by atoms with Crippen LogP contribution in [0.15, 0.2) is 30.6 Å². The number of hydrogen-bond donors (Lipinski definition) is 1. The number of H-pyrrole nitrogens is 1. The van der Waals surface area contributed by atoms with E-state index in [-0.39, 0.29) is 17.2 Å². The van der Waals surface area contributed by atoms with Gasteiger partial charge in [0.1, 0.15) is 5.82 Å². The maximum absolute atomic E-state index is 14.8. The molecular formula is C22H27FN4O. The molecular weight excluding hydrogens is 355 g/mol. The van der Waals surface area contributed by atoms with Gasteiger partial charge < -0.3 is 9.80 Å². The third-order valence-corrected chi connectivity index (χ3v) is 7.01. The molecule has 0 radical (unpaired) electrons. The number of benzene rings is 1. The van der Waals surface area contributed by atoms with Crippen molar-refractivity contribution in [3.8, 4) is 11.1 Å². The molecule has 1 unspecified atom stereocenters. The lowest BCUT2D eigenvalue weighted by atomic mass is 9.86. The minimum absolute atomic E-state index is 0.129. The second-order valence-corrected chi connectivity index (χ2v) is 8.82. The highest BCUT2D eigenvalue weighted by molar-refractivity contribution is 5.79. The predicted octanol–water partition coefficient (Wildman–Crippen LogP) is 3.83. The first-order chi connectivity index (χ1) is 13.6. The number of hydrogen-bond acceptors (Lipinski definition) is 3. The first-order valence-electron chi connectivity index (χ1n) is 10.5. The zero-order valence-corrected chi connectivity index (χ0v) is 16.2. The van der Waals surface area contributed by atoms with Crippen LogP contribution in [-0.2, 0) is 4.79 Å². The average Bonchev–Trinajstić information content (AvgIpc) is 3.50. The summed E-state index contributed by atoms with van der Waals surface area (Å²) in [6.07, 6.45) is 10.0. The van der Waals surface area contributed by atoms with Crippen LogP contribution in [0.3, 0.4) is 0 Å². The van der Waals surface area contributed by atoms with E-state index >= 15 is 0 Å². The highest BCUT2D eigenvalue weighted by Crippen LogP contribution is 2.43. The highest BCUT2D eigenvalue weighted by atomic mass is 19.1. The fraction of sp³-hybridized carbons (Fsp3) is 0.545. The molecule has 3 heterocycles. The van der Waals surface area contributed by atoms with Gasteiger partial charge in [-0.2, -0.15) is 5.10 Å². The first-order valence-corrected chi connectivity index (χ1v) is 10.5. The Hall–Kier alpha value is -2.37. The third-order valence-electron chi connectivity index (χ3n) is 7.01. The van der Waals surface area contributed by atoms with Crippen molar-refractivity contribution in [2.75, 3.05) is 31.1 Å². The Balaban J connectivity index is 1.28. The summed E-state index contributed by atoms with van der Waals surface area (Å²) in [6, 6.07) is 5.43. The summed E-state index contributed by atoms with van der Waals surface area (Å²) in [5, 5.41) is 6.70. The smallest absolute Gasteiger partial charge is 0.225 e. The zero-order valence-electron chi connectivity index (χ0n) is 16.2. The minimum atomic E-state index is -0.187. The van der Waals surface area contributed by atoms with Crippen LogP contribution in [0.5, 0.6) is 0 Å². The number of rotatable bonds is 3. The van der Waals surface area contributed by atoms with E-state index in [0.29, 0.717) is 11.6 Å². The molecule has 2 saturated heterocycles. The molecule has 1 aromatic heterocycles. The van der Waals surface area contributed by atoms with E-state index in [0.717, 1.165) is 63.0 Å². The predicted molar refractivity (Wildman–Crippen MR) is 106 cm³/mol. The Morgan fingerprint density at radius 3 is 2.71 bits per heavy atom. The fourth-order valence-electron chi connectivity index (χ4n) is 5.38. The number of carbonyl (C=O) groups is 1. The molecule has 1 atom stereocenters. The number of anilines is 1. The molecule has 2 aliphatic heterocycles. The van der Waals surface area contributed by atoms with Crippen molar-refractivity contribution in [1.82, 2.24) is 15.1 Å². The first kappa shape index (κ1) is 17.7. The Bertz CT molecular complexity index is 861. The summed E-state index contributed by atoms with van der Waals surface area (Å²) in [4.78, 5) is 17.0. The number of carbonyl (C=O) groups excluding carboxylic acids is 1. The largest absolute Gasteiger partial charge is 0.369 e. The van der Waals surface area contributed by atoms with Crippen molar-refractivity contribution in [2.45, 2.75) is 38.5 Å². The lowest BCUT2D eigenvalue weighted by Gasteiger charge is -2.27. The maximum Gasteiger partial charge on any atom is 0.225 e. The van der Waals surface area contributed by atoms with E-state index in [9.17, 15) is 9.18 Å². The van der Waals surface area contributed by atoms with E-state index in [1.54, 1.807) is 18.5 Å². The summed E-state index contributed by atoms with van der Waals surface area (Å²) in [5.74, 6) is 0.427. The van der Waals surface area contributed by atoms with Gasteiger partial charge in [0.05, 0.1) is 11.9 Å². The average molecular weight is 382 g/mol. The zero-order chi connectivity index (χ0) is 19.1. The van der Waals surface area contributed by atoms with Crippen molar-refractivity contribution in [1.29, 1.82) is 0 Å². The van der Waals surface area contributed by atoms with Crippen LogP contribution in [0.1, 0.15) is 38.5 Å². The van der Waals surface area contributed by atoms with E-state index in [1.807, 2.05) is 12.1 Å². The van der Waals surface area contributed by atoms with Crippen molar-refractivity contribution >= 4 is 11.6 Å². The maximum atomic E-state index is 14.8. The third kappa shape index (κ3) is 3.09. The van der Waals surface area contributed by atoms with Crippen LogP contribution in [0.25, 0.3) is 11.1 Å². The monoisotopic (exact) mass is 382 g/mol. The van der Waals surface area contributed by atoms with Gasteiger partial charge in [-0.25, -0.2) is 4.39 Å². The van der Waals surface area contributed by atoms with Crippen LogP contribution < -0.4 is 4.90 Å². The lowest BCUT2D eigenvalue weighted by molar-refractivity contribution is -0.134. The molecule has 0 bridgehead atoms. The molecule has 1 aliphatic carbocycles. The molecule has 5 rings (SSSR count). The summed E-state index contributed by atoms with van der Waals surface area (Å²) in [6.45, 7) is 3.40. The molecule has 28 heavy (non-hydrogen) atoms. The van der Waals surface area contributed by atoms with Gasteiger partial charge in [0.15, 0.2) is 0 Å². The number of aromatic amines is 1. The van der Waals surface area contributed by atoms with Crippen LogP contribution in [-0.4, -0.2) is 47.2 Å². The molecule has 1 spiro atoms. The molecule has 148 valence electrons. The Labute approximate surface area is 164 Å². The number of likely N-dealkylation sites (tertiary alicyclic amines) is 1. The molecule has 3 fully saturated rings. The molecule has 6 heteroatoms. The highest BCUT2D eigenvalue weighted by Gasteiger charge is 2.46. The number of aromatic nitrogens is 2. The number of halogens is 1. The lowest BCUT2D eigenvalue weighted by Crippen LogP contribution is -2.36. The second kappa shape index (κ2) is 6.90. The van der Waals surface area contributed by atoms with E-state index in [2.05, 4.69) is 20.0 Å². The van der Waals surface area contributed by atoms with Gasteiger partial charge in [-0.15, -0.1) is 0 Å². The van der Waals surface area contributed by atoms with Gasteiger partial charge in [-0.3, -0.25) is 9.89 Å². The van der Waals surface area contributed by atoms with Gasteiger partial charge in [0.25, 0.3) is 0 Å². The van der Waals surface area contributed by atoms with Crippen molar-refractivity contribution in [3.63, 3.8) is 0 Å². The quantitative estimate of drug-likeness (QED) is 0.878. The Morgan fingerprint density at radius 1 is 1.14 bits per heavy atom. The standard InChI is InChI=1S/C22H27FN4O/c23-19-11-17(18-12-24-25-13-18)5-6-20(19)26-9-7-22(14-26)8-10-27(15-22)21(28)16-3-1-2-4-16/h5-6,11-13,16H,1-4,7-10,14-15H2,(H,24,25). The van der Waals surface area contributed by atoms with Crippen molar-refractivity contribution in [2.24, 2.45) is 11.3 Å². The topological polar surface area (TPSA) is 52.2 Å². The van der Waals surface area contributed by atoms with Gasteiger partial charge in [-0.1, -0.05) is 18.9 Å². The molecule has 2 aromatic rings. The molecule has 1 saturated carbocycles. The summed E-state index contributed by atoms with van der Waals surface area (Å²) in [7, 11) is 0. The Morgan fingerprint density at radius 2 is 1.96 bits per heavy atom. The van der Waals surface area contributed by atoms with Gasteiger partial charge in [0.2, 0.25) is 5.91 Å². The molecule has 1 aromatic carbocycles. The van der Waals surface area contributed by atoms with Gasteiger partial charge in [-0.05, 0) is 43.4 Å². The molecule has 1 amide bonds. The number of nitrogens with zero attached hydrogens (tertiary/aromatic N) is 3. The summed E-state index contributed by atoms with van der Waals surface area (Å²) >= 11 is 0. The van der Waals surface area contributed by atoms with E-state index < -0.39 is 0 Å². The van der Waals surface area contributed by atoms with Crippen LogP contribution in [0.4, 0.5) is 10.1 Å². The molecule has 3 aliphatic rings. The summed E-state index contributed by atoms with van der Waals surface area (Å²) in [5.41, 5.74) is 2.52. The number of nitrogens with one attached hydrogen (secondary N) is 1. The SMILES string of the molecule is O=C(C1CCCC1)N1CCC2(CCN(c3ccc(-c4cn[nH]c4)cc3F)C2)C1. The minimum Gasteiger partial charge on any atom is -0.369 e. The molecule has 1 N–H and O–H groups in total. The molecule has 5 nitrogen and oxygen atoms in total. The van der Waals surface area contributed by atoms with E-state index in [1.165, 1.54) is 12.8 Å². The van der Waals surface area contributed by atoms with Crippen LogP contribution in [0.2, 0.25) is 0 Å². The normalized spacial score (nSPS) is 25.3. The van der Waals surface area contributed by atoms with Crippen LogP contribution in [0, 0.1) is 17.2 Å². The summed E-state index contributed by atoms with van der Waals surface area (Å²) < 4.78 is 14.8. The number of amides is 1.